The van der Waals surface area contributed by atoms with Crippen LogP contribution >= 0.6 is 0 Å². The Balaban J connectivity index is 2.47. The highest BCUT2D eigenvalue weighted by atomic mass is 16.5. The van der Waals surface area contributed by atoms with Crippen LogP contribution < -0.4 is 10.1 Å². The summed E-state index contributed by atoms with van der Waals surface area (Å²) >= 11 is 0. The first-order valence-electron chi connectivity index (χ1n) is 7.28. The Morgan fingerprint density at radius 2 is 1.80 bits per heavy atom. The second-order valence-corrected chi connectivity index (χ2v) is 4.87. The standard InChI is InChI=1S/C18H23NO/c1-4-19-13-15-11-10-14(3)12-17(15)16-8-6-7-9-18(16)20-5-2/h6-12,19H,4-5,13H2,1-3H3. The predicted octanol–water partition coefficient (Wildman–Crippen LogP) is 4.17. The van der Waals surface area contributed by atoms with Gasteiger partial charge in [0.15, 0.2) is 0 Å². The second-order valence-electron chi connectivity index (χ2n) is 4.87. The summed E-state index contributed by atoms with van der Waals surface area (Å²) < 4.78 is 5.77. The van der Waals surface area contributed by atoms with Crippen molar-refractivity contribution in [2.75, 3.05) is 13.2 Å². The molecule has 0 unspecified atom stereocenters. The molecule has 0 spiro atoms. The summed E-state index contributed by atoms with van der Waals surface area (Å²) in [6, 6.07) is 14.9. The van der Waals surface area contributed by atoms with Crippen LogP contribution in [0.3, 0.4) is 0 Å². The van der Waals surface area contributed by atoms with Crippen molar-refractivity contribution in [1.82, 2.24) is 5.32 Å². The minimum atomic E-state index is 0.686. The highest BCUT2D eigenvalue weighted by Gasteiger charge is 2.10. The van der Waals surface area contributed by atoms with E-state index < -0.39 is 0 Å². The molecule has 0 fully saturated rings. The van der Waals surface area contributed by atoms with Gasteiger partial charge in [-0.25, -0.2) is 0 Å². The molecule has 0 amide bonds. The van der Waals surface area contributed by atoms with Crippen LogP contribution in [0.2, 0.25) is 0 Å². The molecule has 2 aromatic rings. The number of rotatable bonds is 6. The van der Waals surface area contributed by atoms with Crippen LogP contribution in [0, 0.1) is 6.92 Å². The van der Waals surface area contributed by atoms with E-state index in [1.807, 2.05) is 19.1 Å². The van der Waals surface area contributed by atoms with Gasteiger partial charge in [0.25, 0.3) is 0 Å². The highest BCUT2D eigenvalue weighted by molar-refractivity contribution is 5.74. The van der Waals surface area contributed by atoms with Gasteiger partial charge in [-0.15, -0.1) is 0 Å². The molecule has 0 aliphatic carbocycles. The molecular formula is C18H23NO. The Morgan fingerprint density at radius 3 is 2.55 bits per heavy atom. The Kier molecular flexibility index (Phi) is 5.19. The zero-order valence-electron chi connectivity index (χ0n) is 12.6. The zero-order valence-corrected chi connectivity index (χ0v) is 12.6. The monoisotopic (exact) mass is 269 g/mol. The van der Waals surface area contributed by atoms with Crippen LogP contribution in [-0.2, 0) is 6.54 Å². The number of nitrogens with one attached hydrogen (secondary N) is 1. The van der Waals surface area contributed by atoms with Crippen LogP contribution in [-0.4, -0.2) is 13.2 Å². The molecule has 0 aliphatic heterocycles. The molecule has 0 heterocycles. The van der Waals surface area contributed by atoms with E-state index >= 15 is 0 Å². The first-order chi connectivity index (χ1) is 9.76. The van der Waals surface area contributed by atoms with Crippen molar-refractivity contribution in [3.05, 3.63) is 53.6 Å². The summed E-state index contributed by atoms with van der Waals surface area (Å²) in [6.07, 6.45) is 0. The SMILES string of the molecule is CCNCc1ccc(C)cc1-c1ccccc1OCC. The van der Waals surface area contributed by atoms with Crippen LogP contribution in [0.15, 0.2) is 42.5 Å². The van der Waals surface area contributed by atoms with Crippen molar-refractivity contribution in [1.29, 1.82) is 0 Å². The third-order valence-corrected chi connectivity index (χ3v) is 3.31. The summed E-state index contributed by atoms with van der Waals surface area (Å²) in [7, 11) is 0. The average Bonchev–Trinajstić information content (AvgIpc) is 2.47. The molecule has 0 saturated carbocycles. The van der Waals surface area contributed by atoms with Crippen molar-refractivity contribution < 1.29 is 4.74 Å². The van der Waals surface area contributed by atoms with E-state index in [0.717, 1.165) is 18.8 Å². The maximum atomic E-state index is 5.77. The number of benzene rings is 2. The van der Waals surface area contributed by atoms with E-state index in [9.17, 15) is 0 Å². The summed E-state index contributed by atoms with van der Waals surface area (Å²) in [4.78, 5) is 0. The quantitative estimate of drug-likeness (QED) is 0.849. The first kappa shape index (κ1) is 14.6. The molecule has 2 heteroatoms. The summed E-state index contributed by atoms with van der Waals surface area (Å²) in [5.74, 6) is 0.957. The van der Waals surface area contributed by atoms with E-state index in [4.69, 9.17) is 4.74 Å². The fourth-order valence-corrected chi connectivity index (χ4v) is 2.33. The topological polar surface area (TPSA) is 21.3 Å². The van der Waals surface area contributed by atoms with Crippen molar-refractivity contribution in [3.63, 3.8) is 0 Å². The van der Waals surface area contributed by atoms with Crippen LogP contribution in [0.1, 0.15) is 25.0 Å². The minimum Gasteiger partial charge on any atom is -0.493 e. The van der Waals surface area contributed by atoms with Gasteiger partial charge in [0.1, 0.15) is 5.75 Å². The van der Waals surface area contributed by atoms with Crippen molar-refractivity contribution in [2.24, 2.45) is 0 Å². The summed E-state index contributed by atoms with van der Waals surface area (Å²) in [5.41, 5.74) is 5.01. The zero-order chi connectivity index (χ0) is 14.4. The fraction of sp³-hybridized carbons (Fsp3) is 0.333. The Labute approximate surface area is 121 Å². The smallest absolute Gasteiger partial charge is 0.127 e. The fourth-order valence-electron chi connectivity index (χ4n) is 2.33. The summed E-state index contributed by atoms with van der Waals surface area (Å²) in [5, 5.41) is 3.40. The maximum absolute atomic E-state index is 5.77. The maximum Gasteiger partial charge on any atom is 0.127 e. The van der Waals surface area contributed by atoms with E-state index in [-0.39, 0.29) is 0 Å². The molecule has 0 saturated heterocycles. The number of aryl methyl sites for hydroxylation is 1. The van der Waals surface area contributed by atoms with Gasteiger partial charge in [-0.05, 0) is 37.6 Å². The van der Waals surface area contributed by atoms with Gasteiger partial charge in [-0.3, -0.25) is 0 Å². The molecule has 0 aromatic heterocycles. The van der Waals surface area contributed by atoms with E-state index in [1.165, 1.54) is 22.3 Å². The molecule has 0 aliphatic rings. The molecule has 2 nitrogen and oxygen atoms in total. The lowest BCUT2D eigenvalue weighted by molar-refractivity contribution is 0.341. The van der Waals surface area contributed by atoms with Gasteiger partial charge in [0.05, 0.1) is 6.61 Å². The number of ether oxygens (including phenoxy) is 1. The molecule has 0 atom stereocenters. The molecule has 106 valence electrons. The lowest BCUT2D eigenvalue weighted by atomic mass is 9.96. The third-order valence-electron chi connectivity index (χ3n) is 3.31. The summed E-state index contributed by atoms with van der Waals surface area (Å²) in [6.45, 7) is 8.82. The van der Waals surface area contributed by atoms with Gasteiger partial charge < -0.3 is 10.1 Å². The molecular weight excluding hydrogens is 246 g/mol. The molecule has 0 bridgehead atoms. The first-order valence-corrected chi connectivity index (χ1v) is 7.28. The molecule has 1 N–H and O–H groups in total. The van der Waals surface area contributed by atoms with Gasteiger partial charge in [-0.2, -0.15) is 0 Å². The van der Waals surface area contributed by atoms with Crippen molar-refractivity contribution >= 4 is 0 Å². The number of hydrogen-bond donors (Lipinski definition) is 1. The predicted molar refractivity (Wildman–Crippen MR) is 85.2 cm³/mol. The highest BCUT2D eigenvalue weighted by Crippen LogP contribution is 2.33. The third kappa shape index (κ3) is 3.40. The normalized spacial score (nSPS) is 10.6. The Hall–Kier alpha value is -1.80. The van der Waals surface area contributed by atoms with Crippen LogP contribution in [0.5, 0.6) is 5.75 Å². The second kappa shape index (κ2) is 7.11. The largest absolute Gasteiger partial charge is 0.493 e. The molecule has 2 aromatic carbocycles. The molecule has 2 rings (SSSR count). The van der Waals surface area contributed by atoms with E-state index in [0.29, 0.717) is 6.61 Å². The lowest BCUT2D eigenvalue weighted by Gasteiger charge is -2.15. The Bertz CT molecular complexity index is 563. The lowest BCUT2D eigenvalue weighted by Crippen LogP contribution is -2.12. The minimum absolute atomic E-state index is 0.686. The van der Waals surface area contributed by atoms with Crippen molar-refractivity contribution in [3.8, 4) is 16.9 Å². The van der Waals surface area contributed by atoms with E-state index in [2.05, 4.69) is 49.5 Å². The average molecular weight is 269 g/mol. The van der Waals surface area contributed by atoms with Crippen molar-refractivity contribution in [2.45, 2.75) is 27.3 Å². The Morgan fingerprint density at radius 1 is 1.00 bits per heavy atom. The van der Waals surface area contributed by atoms with Crippen LogP contribution in [0.25, 0.3) is 11.1 Å². The van der Waals surface area contributed by atoms with Crippen LogP contribution in [0.4, 0.5) is 0 Å². The van der Waals surface area contributed by atoms with Gasteiger partial charge in [0.2, 0.25) is 0 Å². The van der Waals surface area contributed by atoms with Gasteiger partial charge in [-0.1, -0.05) is 48.9 Å². The van der Waals surface area contributed by atoms with Gasteiger partial charge >= 0.3 is 0 Å². The van der Waals surface area contributed by atoms with E-state index in [1.54, 1.807) is 0 Å². The molecule has 20 heavy (non-hydrogen) atoms. The molecule has 0 radical (unpaired) electrons. The van der Waals surface area contributed by atoms with Gasteiger partial charge in [0, 0.05) is 12.1 Å². The number of hydrogen-bond acceptors (Lipinski definition) is 2. The number of para-hydroxylation sites is 1.